The number of nitrogens with zero attached hydrogens (tertiary/aromatic N) is 2. The van der Waals surface area contributed by atoms with Crippen LogP contribution in [0.3, 0.4) is 0 Å². The van der Waals surface area contributed by atoms with Gasteiger partial charge in [-0.1, -0.05) is 56.7 Å². The number of amides is 1. The molecular formula is C26H27N3O2S. The third kappa shape index (κ3) is 4.36. The maximum atomic E-state index is 13.3. The first-order valence-corrected chi connectivity index (χ1v) is 11.5. The quantitative estimate of drug-likeness (QED) is 0.440. The second-order valence-corrected chi connectivity index (χ2v) is 10.1. The van der Waals surface area contributed by atoms with Gasteiger partial charge in [0.2, 0.25) is 5.91 Å². The maximum absolute atomic E-state index is 13.3. The fourth-order valence-corrected chi connectivity index (χ4v) is 4.70. The van der Waals surface area contributed by atoms with Crippen LogP contribution in [0.5, 0.6) is 0 Å². The van der Waals surface area contributed by atoms with Crippen LogP contribution in [0.25, 0.3) is 21.3 Å². The maximum Gasteiger partial charge on any atom is 0.263 e. The number of hydrogen-bond donors (Lipinski definition) is 1. The molecule has 0 atom stereocenters. The number of rotatable bonds is 4. The molecule has 2 heterocycles. The van der Waals surface area contributed by atoms with Crippen molar-refractivity contribution in [3.8, 4) is 11.1 Å². The highest BCUT2D eigenvalue weighted by molar-refractivity contribution is 7.17. The van der Waals surface area contributed by atoms with Crippen LogP contribution in [0.15, 0.2) is 59.0 Å². The molecule has 5 nitrogen and oxygen atoms in total. The second kappa shape index (κ2) is 8.36. The third-order valence-electron chi connectivity index (χ3n) is 5.58. The minimum Gasteiger partial charge on any atom is -0.325 e. The van der Waals surface area contributed by atoms with Gasteiger partial charge in [-0.25, -0.2) is 4.98 Å². The molecule has 0 radical (unpaired) electrons. The summed E-state index contributed by atoms with van der Waals surface area (Å²) in [5.41, 5.74) is 5.91. The summed E-state index contributed by atoms with van der Waals surface area (Å²) in [5.74, 6) is -0.264. The molecule has 0 spiro atoms. The number of carbonyl (C=O) groups is 1. The molecule has 4 rings (SSSR count). The number of aromatic nitrogens is 2. The highest BCUT2D eigenvalue weighted by Crippen LogP contribution is 2.33. The molecule has 32 heavy (non-hydrogen) atoms. The van der Waals surface area contributed by atoms with Crippen LogP contribution < -0.4 is 10.9 Å². The number of aryl methyl sites for hydroxylation is 2. The molecule has 2 aromatic heterocycles. The largest absolute Gasteiger partial charge is 0.325 e. The Bertz CT molecular complexity index is 1360. The number of nitrogens with one attached hydrogen (secondary N) is 1. The van der Waals surface area contributed by atoms with Crippen LogP contribution in [-0.4, -0.2) is 15.5 Å². The minimum atomic E-state index is -0.264. The van der Waals surface area contributed by atoms with E-state index in [1.807, 2.05) is 55.6 Å². The third-order valence-corrected chi connectivity index (χ3v) is 6.47. The molecule has 0 aliphatic heterocycles. The molecule has 0 saturated carbocycles. The molecule has 0 saturated heterocycles. The predicted octanol–water partition coefficient (Wildman–Crippen LogP) is 5.68. The van der Waals surface area contributed by atoms with Gasteiger partial charge in [-0.3, -0.25) is 14.2 Å². The fourth-order valence-electron chi connectivity index (χ4n) is 3.80. The van der Waals surface area contributed by atoms with Crippen LogP contribution in [0.1, 0.15) is 37.5 Å². The average Bonchev–Trinajstić information content (AvgIpc) is 3.14. The topological polar surface area (TPSA) is 64.0 Å². The van der Waals surface area contributed by atoms with Crippen molar-refractivity contribution < 1.29 is 4.79 Å². The minimum absolute atomic E-state index is 0.0466. The number of anilines is 1. The van der Waals surface area contributed by atoms with Crippen molar-refractivity contribution in [2.45, 2.75) is 46.6 Å². The Morgan fingerprint density at radius 3 is 2.44 bits per heavy atom. The van der Waals surface area contributed by atoms with E-state index in [2.05, 4.69) is 37.1 Å². The Morgan fingerprint density at radius 1 is 1.06 bits per heavy atom. The van der Waals surface area contributed by atoms with Gasteiger partial charge in [0.25, 0.3) is 5.56 Å². The summed E-state index contributed by atoms with van der Waals surface area (Å²) in [5, 5.41) is 5.41. The number of benzene rings is 2. The normalized spacial score (nSPS) is 11.7. The fraction of sp³-hybridized carbons (Fsp3) is 0.269. The monoisotopic (exact) mass is 445 g/mol. The number of thiophene rings is 1. The lowest BCUT2D eigenvalue weighted by Gasteiger charge is -2.19. The second-order valence-electron chi connectivity index (χ2n) is 9.20. The van der Waals surface area contributed by atoms with Crippen molar-refractivity contribution in [2.75, 3.05) is 5.32 Å². The molecule has 0 aliphatic rings. The number of hydrogen-bond acceptors (Lipinski definition) is 4. The molecule has 1 amide bonds. The first kappa shape index (κ1) is 22.0. The summed E-state index contributed by atoms with van der Waals surface area (Å²) in [6.45, 7) is 10.4. The van der Waals surface area contributed by atoms with Crippen molar-refractivity contribution in [3.63, 3.8) is 0 Å². The zero-order valence-corrected chi connectivity index (χ0v) is 19.8. The van der Waals surface area contributed by atoms with E-state index >= 15 is 0 Å². The molecule has 0 bridgehead atoms. The van der Waals surface area contributed by atoms with E-state index in [-0.39, 0.29) is 23.4 Å². The zero-order valence-electron chi connectivity index (χ0n) is 19.0. The highest BCUT2D eigenvalue weighted by Gasteiger charge is 2.17. The van der Waals surface area contributed by atoms with Crippen molar-refractivity contribution in [2.24, 2.45) is 0 Å². The van der Waals surface area contributed by atoms with Gasteiger partial charge in [-0.15, -0.1) is 11.3 Å². The molecular weight excluding hydrogens is 418 g/mol. The summed E-state index contributed by atoms with van der Waals surface area (Å²) >= 11 is 1.44. The van der Waals surface area contributed by atoms with Gasteiger partial charge in [-0.05, 0) is 48.1 Å². The van der Waals surface area contributed by atoms with Gasteiger partial charge in [0.1, 0.15) is 11.4 Å². The summed E-state index contributed by atoms with van der Waals surface area (Å²) in [6, 6.07) is 14.0. The molecule has 6 heteroatoms. The van der Waals surface area contributed by atoms with Crippen LogP contribution in [0.2, 0.25) is 0 Å². The molecule has 164 valence electrons. The molecule has 0 aliphatic carbocycles. The standard InChI is InChI=1S/C26H27N3O2S/c1-16-6-11-20(17(2)12-16)21-14-32-24-23(21)25(31)29(15-27-24)13-22(30)28-19-9-7-18(8-10-19)26(3,4)5/h6-12,14-15H,13H2,1-5H3,(H,28,30). The summed E-state index contributed by atoms with van der Waals surface area (Å²) in [7, 11) is 0. The molecule has 0 fully saturated rings. The van der Waals surface area contributed by atoms with E-state index in [1.54, 1.807) is 0 Å². The van der Waals surface area contributed by atoms with Gasteiger partial charge in [0.05, 0.1) is 11.7 Å². The van der Waals surface area contributed by atoms with Gasteiger partial charge < -0.3 is 5.32 Å². The van der Waals surface area contributed by atoms with Crippen molar-refractivity contribution in [1.29, 1.82) is 0 Å². The zero-order chi connectivity index (χ0) is 23.0. The lowest BCUT2D eigenvalue weighted by Crippen LogP contribution is -2.27. The lowest BCUT2D eigenvalue weighted by molar-refractivity contribution is -0.116. The highest BCUT2D eigenvalue weighted by atomic mass is 32.1. The molecule has 0 unspecified atom stereocenters. The van der Waals surface area contributed by atoms with E-state index in [0.717, 1.165) is 16.7 Å². The van der Waals surface area contributed by atoms with Crippen LogP contribution in [0, 0.1) is 13.8 Å². The Morgan fingerprint density at radius 2 is 1.78 bits per heavy atom. The molecule has 2 aromatic carbocycles. The van der Waals surface area contributed by atoms with Gasteiger partial charge >= 0.3 is 0 Å². The van der Waals surface area contributed by atoms with Crippen LogP contribution in [0.4, 0.5) is 5.69 Å². The van der Waals surface area contributed by atoms with Gasteiger partial charge in [-0.2, -0.15) is 0 Å². The SMILES string of the molecule is Cc1ccc(-c2csc3ncn(CC(=O)Nc4ccc(C(C)(C)C)cc4)c(=O)c23)c(C)c1. The summed E-state index contributed by atoms with van der Waals surface area (Å²) < 4.78 is 1.38. The Labute approximate surface area is 191 Å². The summed E-state index contributed by atoms with van der Waals surface area (Å²) in [4.78, 5) is 31.0. The van der Waals surface area contributed by atoms with Crippen molar-refractivity contribution in [1.82, 2.24) is 9.55 Å². The number of carbonyl (C=O) groups excluding carboxylic acids is 1. The van der Waals surface area contributed by atoms with Crippen LogP contribution in [-0.2, 0) is 16.8 Å². The van der Waals surface area contributed by atoms with E-state index in [0.29, 0.717) is 15.9 Å². The first-order chi connectivity index (χ1) is 15.1. The Hall–Kier alpha value is -3.25. The average molecular weight is 446 g/mol. The van der Waals surface area contributed by atoms with Crippen molar-refractivity contribution >= 4 is 33.1 Å². The van der Waals surface area contributed by atoms with Gasteiger partial charge in [0, 0.05) is 16.6 Å². The Balaban J connectivity index is 1.60. The van der Waals surface area contributed by atoms with E-state index in [1.165, 1.54) is 33.4 Å². The van der Waals surface area contributed by atoms with E-state index < -0.39 is 0 Å². The van der Waals surface area contributed by atoms with E-state index in [9.17, 15) is 9.59 Å². The predicted molar refractivity (Wildman–Crippen MR) is 133 cm³/mol. The van der Waals surface area contributed by atoms with Gasteiger partial charge in [0.15, 0.2) is 0 Å². The smallest absolute Gasteiger partial charge is 0.263 e. The van der Waals surface area contributed by atoms with Crippen LogP contribution >= 0.6 is 11.3 Å². The van der Waals surface area contributed by atoms with E-state index in [4.69, 9.17) is 0 Å². The first-order valence-electron chi connectivity index (χ1n) is 10.6. The molecule has 4 aromatic rings. The van der Waals surface area contributed by atoms with Crippen molar-refractivity contribution in [3.05, 3.63) is 81.2 Å². The lowest BCUT2D eigenvalue weighted by atomic mass is 9.87. The Kier molecular flexibility index (Phi) is 5.73. The molecule has 1 N–H and O–H groups in total. The summed E-state index contributed by atoms with van der Waals surface area (Å²) in [6.07, 6.45) is 1.45. The number of fused-ring (bicyclic) bond motifs is 1.